The van der Waals surface area contributed by atoms with Gasteiger partial charge >= 0.3 is 0 Å². The van der Waals surface area contributed by atoms with E-state index in [1.807, 2.05) is 24.3 Å². The Bertz CT molecular complexity index is 471. The molecule has 88 valence electrons. The van der Waals surface area contributed by atoms with E-state index in [0.717, 1.165) is 16.2 Å². The smallest absolute Gasteiger partial charge is 0.159 e. The highest BCUT2D eigenvalue weighted by Gasteiger charge is 2.42. The maximum atomic E-state index is 11.3. The van der Waals surface area contributed by atoms with Crippen LogP contribution in [-0.4, -0.2) is 11.5 Å². The summed E-state index contributed by atoms with van der Waals surface area (Å²) in [5.74, 6) is 1.09. The van der Waals surface area contributed by atoms with E-state index >= 15 is 0 Å². The van der Waals surface area contributed by atoms with Gasteiger partial charge in [0.25, 0.3) is 0 Å². The van der Waals surface area contributed by atoms with E-state index in [4.69, 9.17) is 5.26 Å². The first-order chi connectivity index (χ1) is 8.15. The quantitative estimate of drug-likeness (QED) is 0.587. The van der Waals surface area contributed by atoms with Crippen molar-refractivity contribution in [2.75, 3.05) is 5.75 Å². The monoisotopic (exact) mass is 245 g/mol. The Morgan fingerprint density at radius 1 is 1.53 bits per heavy atom. The number of rotatable bonds is 5. The van der Waals surface area contributed by atoms with Gasteiger partial charge in [-0.3, -0.25) is 4.79 Å². The topological polar surface area (TPSA) is 40.9 Å². The lowest BCUT2D eigenvalue weighted by Gasteiger charge is -2.10. The van der Waals surface area contributed by atoms with Gasteiger partial charge in [-0.1, -0.05) is 12.1 Å². The van der Waals surface area contributed by atoms with Crippen LogP contribution < -0.4 is 0 Å². The number of carbonyl (C=O) groups is 1. The third-order valence-corrected chi connectivity index (χ3v) is 4.54. The number of benzene rings is 1. The predicted molar refractivity (Wildman–Crippen MR) is 69.1 cm³/mol. The predicted octanol–water partition coefficient (Wildman–Crippen LogP) is 3.68. The lowest BCUT2D eigenvalue weighted by Crippen LogP contribution is -2.02. The molecule has 17 heavy (non-hydrogen) atoms. The molecule has 0 unspecified atom stereocenters. The molecular weight excluding hydrogens is 230 g/mol. The zero-order valence-corrected chi connectivity index (χ0v) is 10.7. The third kappa shape index (κ3) is 3.10. The van der Waals surface area contributed by atoms with Gasteiger partial charge in [-0.25, -0.2) is 0 Å². The van der Waals surface area contributed by atoms with Gasteiger partial charge < -0.3 is 0 Å². The highest BCUT2D eigenvalue weighted by Crippen LogP contribution is 2.51. The van der Waals surface area contributed by atoms with Crippen LogP contribution in [0.15, 0.2) is 29.2 Å². The number of thioether (sulfide) groups is 1. The molecule has 0 N–H and O–H groups in total. The van der Waals surface area contributed by atoms with Crippen molar-refractivity contribution in [3.05, 3.63) is 29.8 Å². The number of nitrogens with zero attached hydrogens (tertiary/aromatic N) is 1. The molecule has 0 atom stereocenters. The SMILES string of the molecule is CC(=O)c1cccc(SCC2(CC#N)CC2)c1. The fourth-order valence-electron chi connectivity index (χ4n) is 1.76. The summed E-state index contributed by atoms with van der Waals surface area (Å²) >= 11 is 1.76. The maximum absolute atomic E-state index is 11.3. The van der Waals surface area contributed by atoms with Gasteiger partial charge in [0.1, 0.15) is 0 Å². The van der Waals surface area contributed by atoms with E-state index in [1.54, 1.807) is 18.7 Å². The molecule has 3 heteroatoms. The van der Waals surface area contributed by atoms with Crippen molar-refractivity contribution in [3.63, 3.8) is 0 Å². The fourth-order valence-corrected chi connectivity index (χ4v) is 3.01. The molecular formula is C14H15NOS. The summed E-state index contributed by atoms with van der Waals surface area (Å²) < 4.78 is 0. The third-order valence-electron chi connectivity index (χ3n) is 3.20. The van der Waals surface area contributed by atoms with Crippen LogP contribution in [0.5, 0.6) is 0 Å². The summed E-state index contributed by atoms with van der Waals surface area (Å²) in [5, 5.41) is 8.75. The molecule has 0 amide bonds. The van der Waals surface area contributed by atoms with E-state index < -0.39 is 0 Å². The van der Waals surface area contributed by atoms with Crippen LogP contribution >= 0.6 is 11.8 Å². The molecule has 1 aliphatic rings. The van der Waals surface area contributed by atoms with Crippen molar-refractivity contribution in [3.8, 4) is 6.07 Å². The molecule has 0 aromatic heterocycles. The standard InChI is InChI=1S/C14H15NOS/c1-11(16)12-3-2-4-13(9-12)17-10-14(5-6-14)7-8-15/h2-4,9H,5-7,10H2,1H3. The van der Waals surface area contributed by atoms with Gasteiger partial charge in [0, 0.05) is 22.6 Å². The Hall–Kier alpha value is -1.27. The van der Waals surface area contributed by atoms with E-state index in [2.05, 4.69) is 6.07 Å². The molecule has 0 spiro atoms. The van der Waals surface area contributed by atoms with Crippen LogP contribution in [-0.2, 0) is 0 Å². The van der Waals surface area contributed by atoms with E-state index in [9.17, 15) is 4.79 Å². The molecule has 1 aliphatic carbocycles. The molecule has 0 heterocycles. The Balaban J connectivity index is 1.98. The van der Waals surface area contributed by atoms with Gasteiger partial charge in [0.15, 0.2) is 5.78 Å². The van der Waals surface area contributed by atoms with Crippen LogP contribution in [0.4, 0.5) is 0 Å². The summed E-state index contributed by atoms with van der Waals surface area (Å²) in [5.41, 5.74) is 1.02. The lowest BCUT2D eigenvalue weighted by molar-refractivity contribution is 0.101. The Morgan fingerprint density at radius 2 is 2.29 bits per heavy atom. The average Bonchev–Trinajstić information content (AvgIpc) is 3.08. The lowest BCUT2D eigenvalue weighted by atomic mass is 10.1. The Kier molecular flexibility index (Phi) is 3.54. The maximum Gasteiger partial charge on any atom is 0.159 e. The second-order valence-corrected chi connectivity index (χ2v) is 5.76. The number of ketones is 1. The Morgan fingerprint density at radius 3 is 2.88 bits per heavy atom. The number of nitriles is 1. The van der Waals surface area contributed by atoms with Crippen LogP contribution in [0.3, 0.4) is 0 Å². The average molecular weight is 245 g/mol. The van der Waals surface area contributed by atoms with Gasteiger partial charge in [-0.15, -0.1) is 11.8 Å². The normalized spacial score (nSPS) is 16.2. The van der Waals surface area contributed by atoms with Crippen LogP contribution in [0.25, 0.3) is 0 Å². The van der Waals surface area contributed by atoms with E-state index in [1.165, 1.54) is 12.8 Å². The number of hydrogen-bond acceptors (Lipinski definition) is 3. The number of carbonyl (C=O) groups excluding carboxylic acids is 1. The van der Waals surface area contributed by atoms with Crippen molar-refractivity contribution in [2.24, 2.45) is 5.41 Å². The molecule has 0 radical (unpaired) electrons. The van der Waals surface area contributed by atoms with Crippen molar-refractivity contribution < 1.29 is 4.79 Å². The molecule has 0 aliphatic heterocycles. The molecule has 2 nitrogen and oxygen atoms in total. The van der Waals surface area contributed by atoms with Gasteiger partial charge in [0.05, 0.1) is 6.07 Å². The largest absolute Gasteiger partial charge is 0.295 e. The van der Waals surface area contributed by atoms with Gasteiger partial charge in [0.2, 0.25) is 0 Å². The molecule has 1 aromatic carbocycles. The van der Waals surface area contributed by atoms with E-state index in [0.29, 0.717) is 6.42 Å². The first-order valence-corrected chi connectivity index (χ1v) is 6.75. The number of Topliss-reactive ketones (excluding diaryl/α,β-unsaturated/α-hetero) is 1. The first-order valence-electron chi connectivity index (χ1n) is 5.76. The van der Waals surface area contributed by atoms with Crippen LogP contribution in [0.2, 0.25) is 0 Å². The van der Waals surface area contributed by atoms with Gasteiger partial charge in [-0.05, 0) is 37.3 Å². The summed E-state index contributed by atoms with van der Waals surface area (Å²) in [6.45, 7) is 1.59. The molecule has 1 saturated carbocycles. The molecule has 1 aromatic rings. The minimum Gasteiger partial charge on any atom is -0.295 e. The van der Waals surface area contributed by atoms with Gasteiger partial charge in [-0.2, -0.15) is 5.26 Å². The van der Waals surface area contributed by atoms with E-state index in [-0.39, 0.29) is 11.2 Å². The second-order valence-electron chi connectivity index (χ2n) is 4.71. The molecule has 2 rings (SSSR count). The zero-order chi connectivity index (χ0) is 12.3. The second kappa shape index (κ2) is 4.93. The molecule has 0 bridgehead atoms. The fraction of sp³-hybridized carbons (Fsp3) is 0.429. The molecule has 0 saturated heterocycles. The minimum atomic E-state index is 0.102. The summed E-state index contributed by atoms with van der Waals surface area (Å²) in [7, 11) is 0. The highest BCUT2D eigenvalue weighted by atomic mass is 32.2. The Labute approximate surface area is 106 Å². The summed E-state index contributed by atoms with van der Waals surface area (Å²) in [6.07, 6.45) is 2.99. The van der Waals surface area contributed by atoms with Crippen LogP contribution in [0.1, 0.15) is 36.5 Å². The van der Waals surface area contributed by atoms with Crippen molar-refractivity contribution in [1.29, 1.82) is 5.26 Å². The van der Waals surface area contributed by atoms with Crippen molar-refractivity contribution in [1.82, 2.24) is 0 Å². The number of hydrogen-bond donors (Lipinski definition) is 0. The van der Waals surface area contributed by atoms with Crippen molar-refractivity contribution in [2.45, 2.75) is 31.1 Å². The van der Waals surface area contributed by atoms with Crippen molar-refractivity contribution >= 4 is 17.5 Å². The summed E-state index contributed by atoms with van der Waals surface area (Å²) in [4.78, 5) is 12.4. The molecule has 1 fully saturated rings. The van der Waals surface area contributed by atoms with Crippen LogP contribution in [0, 0.1) is 16.7 Å². The summed E-state index contributed by atoms with van der Waals surface area (Å²) in [6, 6.07) is 10.00. The highest BCUT2D eigenvalue weighted by molar-refractivity contribution is 7.99. The first kappa shape index (κ1) is 12.2. The zero-order valence-electron chi connectivity index (χ0n) is 9.90. The minimum absolute atomic E-state index is 0.102.